The first kappa shape index (κ1) is 19.2. The smallest absolute Gasteiger partial charge is 0.262 e. The summed E-state index contributed by atoms with van der Waals surface area (Å²) in [4.78, 5) is 14.5. The van der Waals surface area contributed by atoms with E-state index in [1.54, 1.807) is 0 Å². The molecule has 0 radical (unpaired) electrons. The van der Waals surface area contributed by atoms with Crippen molar-refractivity contribution in [3.63, 3.8) is 0 Å². The molecule has 0 atom stereocenters. The third kappa shape index (κ3) is 5.47. The molecule has 1 saturated heterocycles. The number of hydrogen-bond donors (Lipinski definition) is 1. The zero-order valence-electron chi connectivity index (χ0n) is 16.3. The quantitative estimate of drug-likeness (QED) is 0.843. The number of nitrogens with zero attached hydrogens (tertiary/aromatic N) is 1. The zero-order chi connectivity index (χ0) is 19.2. The van der Waals surface area contributed by atoms with Crippen molar-refractivity contribution < 1.29 is 14.3 Å². The number of carbonyl (C=O) groups is 1. The molecular weight excluding hydrogens is 340 g/mol. The molecule has 1 aliphatic rings. The van der Waals surface area contributed by atoms with Gasteiger partial charge in [-0.1, -0.05) is 12.1 Å². The van der Waals surface area contributed by atoms with E-state index in [0.29, 0.717) is 0 Å². The maximum atomic E-state index is 12.1. The number of aryl methyl sites for hydroxylation is 1. The minimum absolute atomic E-state index is 0.0157. The Morgan fingerprint density at radius 1 is 1.11 bits per heavy atom. The number of carbonyl (C=O) groups excluding carboxylic acids is 1. The number of hydrogen-bond acceptors (Lipinski definition) is 4. The molecule has 0 spiro atoms. The van der Waals surface area contributed by atoms with Crippen molar-refractivity contribution in [1.82, 2.24) is 4.90 Å². The molecule has 5 nitrogen and oxygen atoms in total. The second-order valence-electron chi connectivity index (χ2n) is 7.18. The Kier molecular flexibility index (Phi) is 6.35. The monoisotopic (exact) mass is 368 g/mol. The molecule has 1 fully saturated rings. The minimum Gasteiger partial charge on any atom is -0.490 e. The van der Waals surface area contributed by atoms with Gasteiger partial charge in [-0.3, -0.25) is 4.79 Å². The molecule has 144 valence electrons. The van der Waals surface area contributed by atoms with E-state index >= 15 is 0 Å². The Bertz CT molecular complexity index is 766. The number of likely N-dealkylation sites (tertiary alicyclic amines) is 1. The van der Waals surface area contributed by atoms with E-state index in [0.717, 1.165) is 54.2 Å². The predicted octanol–water partition coefficient (Wildman–Crippen LogP) is 3.79. The molecule has 5 heteroatoms. The summed E-state index contributed by atoms with van der Waals surface area (Å²) in [7, 11) is 2.14. The van der Waals surface area contributed by atoms with Gasteiger partial charge in [0, 0.05) is 18.8 Å². The number of anilines is 1. The van der Waals surface area contributed by atoms with E-state index < -0.39 is 0 Å². The molecule has 0 aromatic heterocycles. The lowest BCUT2D eigenvalue weighted by atomic mass is 10.1. The Balaban J connectivity index is 1.47. The first-order valence-corrected chi connectivity index (χ1v) is 9.45. The fraction of sp³-hybridized carbons (Fsp3) is 0.409. The van der Waals surface area contributed by atoms with Gasteiger partial charge in [0.05, 0.1) is 0 Å². The fourth-order valence-electron chi connectivity index (χ4n) is 3.13. The summed E-state index contributed by atoms with van der Waals surface area (Å²) in [6.45, 7) is 6.14. The van der Waals surface area contributed by atoms with Gasteiger partial charge in [0.15, 0.2) is 6.61 Å². The van der Waals surface area contributed by atoms with E-state index in [2.05, 4.69) is 17.3 Å². The van der Waals surface area contributed by atoms with E-state index in [9.17, 15) is 4.79 Å². The lowest BCUT2D eigenvalue weighted by Gasteiger charge is -2.29. The van der Waals surface area contributed by atoms with Crippen LogP contribution in [0.5, 0.6) is 11.5 Å². The molecule has 1 amide bonds. The van der Waals surface area contributed by atoms with Crippen LogP contribution in [0.15, 0.2) is 42.5 Å². The van der Waals surface area contributed by atoms with Crippen LogP contribution in [0.2, 0.25) is 0 Å². The lowest BCUT2D eigenvalue weighted by Crippen LogP contribution is -2.35. The lowest BCUT2D eigenvalue weighted by molar-refractivity contribution is -0.118. The Labute approximate surface area is 161 Å². The maximum absolute atomic E-state index is 12.1. The molecule has 1 aliphatic heterocycles. The standard InChI is InChI=1S/C22H28N2O3/c1-16-5-4-6-21(17(16)2)26-15-22(25)23-18-7-9-19(10-8-18)27-20-11-13-24(3)14-12-20/h4-10,20H,11-15H2,1-3H3,(H,23,25). The van der Waals surface area contributed by atoms with Crippen LogP contribution in [-0.4, -0.2) is 43.7 Å². The van der Waals surface area contributed by atoms with Crippen LogP contribution in [0.25, 0.3) is 0 Å². The fourth-order valence-corrected chi connectivity index (χ4v) is 3.13. The first-order chi connectivity index (χ1) is 13.0. The molecule has 1 heterocycles. The highest BCUT2D eigenvalue weighted by Gasteiger charge is 2.17. The molecule has 3 rings (SSSR count). The summed E-state index contributed by atoms with van der Waals surface area (Å²) in [6, 6.07) is 13.4. The highest BCUT2D eigenvalue weighted by atomic mass is 16.5. The van der Waals surface area contributed by atoms with E-state index in [1.807, 2.05) is 56.3 Å². The van der Waals surface area contributed by atoms with Gasteiger partial charge in [0.25, 0.3) is 5.91 Å². The van der Waals surface area contributed by atoms with Gasteiger partial charge >= 0.3 is 0 Å². The van der Waals surface area contributed by atoms with Crippen molar-refractivity contribution in [3.05, 3.63) is 53.6 Å². The van der Waals surface area contributed by atoms with Crippen LogP contribution < -0.4 is 14.8 Å². The summed E-state index contributed by atoms with van der Waals surface area (Å²) >= 11 is 0. The molecule has 0 saturated carbocycles. The molecule has 0 bridgehead atoms. The molecule has 1 N–H and O–H groups in total. The number of amides is 1. The van der Waals surface area contributed by atoms with Gasteiger partial charge in [-0.25, -0.2) is 0 Å². The van der Waals surface area contributed by atoms with Gasteiger partial charge < -0.3 is 19.7 Å². The SMILES string of the molecule is Cc1cccc(OCC(=O)Nc2ccc(OC3CCN(C)CC3)cc2)c1C. The van der Waals surface area contributed by atoms with Crippen molar-refractivity contribution in [1.29, 1.82) is 0 Å². The number of benzene rings is 2. The van der Waals surface area contributed by atoms with Crippen LogP contribution >= 0.6 is 0 Å². The van der Waals surface area contributed by atoms with Crippen LogP contribution in [-0.2, 0) is 4.79 Å². The number of piperidine rings is 1. The van der Waals surface area contributed by atoms with Crippen molar-refractivity contribution >= 4 is 11.6 Å². The molecule has 2 aromatic carbocycles. The molecular formula is C22H28N2O3. The van der Waals surface area contributed by atoms with Crippen molar-refractivity contribution in [2.45, 2.75) is 32.8 Å². The average molecular weight is 368 g/mol. The van der Waals surface area contributed by atoms with Crippen LogP contribution in [0, 0.1) is 13.8 Å². The van der Waals surface area contributed by atoms with Gasteiger partial charge in [0.2, 0.25) is 0 Å². The summed E-state index contributed by atoms with van der Waals surface area (Å²) in [5.74, 6) is 1.40. The van der Waals surface area contributed by atoms with Crippen molar-refractivity contribution in [3.8, 4) is 11.5 Å². The second kappa shape index (κ2) is 8.91. The largest absolute Gasteiger partial charge is 0.490 e. The third-order valence-electron chi connectivity index (χ3n) is 5.02. The number of nitrogens with one attached hydrogen (secondary N) is 1. The maximum Gasteiger partial charge on any atom is 0.262 e. The zero-order valence-corrected chi connectivity index (χ0v) is 16.3. The highest BCUT2D eigenvalue weighted by molar-refractivity contribution is 5.91. The molecule has 0 unspecified atom stereocenters. The number of ether oxygens (including phenoxy) is 2. The molecule has 2 aromatic rings. The van der Waals surface area contributed by atoms with E-state index in [-0.39, 0.29) is 18.6 Å². The van der Waals surface area contributed by atoms with Crippen LogP contribution in [0.1, 0.15) is 24.0 Å². The number of rotatable bonds is 6. The molecule has 27 heavy (non-hydrogen) atoms. The van der Waals surface area contributed by atoms with E-state index in [4.69, 9.17) is 9.47 Å². The molecule has 0 aliphatic carbocycles. The second-order valence-corrected chi connectivity index (χ2v) is 7.18. The third-order valence-corrected chi connectivity index (χ3v) is 5.02. The van der Waals surface area contributed by atoms with Gasteiger partial charge in [-0.05, 0) is 75.2 Å². The van der Waals surface area contributed by atoms with Gasteiger partial charge in [-0.15, -0.1) is 0 Å². The normalized spacial score (nSPS) is 15.4. The summed E-state index contributed by atoms with van der Waals surface area (Å²) in [5, 5.41) is 2.86. The predicted molar refractivity (Wildman–Crippen MR) is 108 cm³/mol. The highest BCUT2D eigenvalue weighted by Crippen LogP contribution is 2.22. The minimum atomic E-state index is -0.181. The van der Waals surface area contributed by atoms with Gasteiger partial charge in [-0.2, -0.15) is 0 Å². The van der Waals surface area contributed by atoms with Crippen molar-refractivity contribution in [2.75, 3.05) is 32.1 Å². The van der Waals surface area contributed by atoms with Gasteiger partial charge in [0.1, 0.15) is 17.6 Å². The van der Waals surface area contributed by atoms with Crippen LogP contribution in [0.4, 0.5) is 5.69 Å². The van der Waals surface area contributed by atoms with Crippen molar-refractivity contribution in [2.24, 2.45) is 0 Å². The first-order valence-electron chi connectivity index (χ1n) is 9.45. The average Bonchev–Trinajstić information content (AvgIpc) is 2.66. The van der Waals surface area contributed by atoms with E-state index in [1.165, 1.54) is 0 Å². The Hall–Kier alpha value is -2.53. The Morgan fingerprint density at radius 3 is 2.52 bits per heavy atom. The van der Waals surface area contributed by atoms with Crippen LogP contribution in [0.3, 0.4) is 0 Å². The Morgan fingerprint density at radius 2 is 1.81 bits per heavy atom. The summed E-state index contributed by atoms with van der Waals surface area (Å²) < 4.78 is 11.7. The summed E-state index contributed by atoms with van der Waals surface area (Å²) in [5.41, 5.74) is 2.94. The summed E-state index contributed by atoms with van der Waals surface area (Å²) in [6.07, 6.45) is 2.36. The topological polar surface area (TPSA) is 50.8 Å².